The van der Waals surface area contributed by atoms with Crippen molar-refractivity contribution in [3.05, 3.63) is 382 Å². The van der Waals surface area contributed by atoms with Crippen LogP contribution in [0.25, 0.3) is 0 Å². The molecule has 33 heteroatoms. The fourth-order valence-corrected chi connectivity index (χ4v) is 18.4. The maximum Gasteiger partial charge on any atom is 0.319 e. The van der Waals surface area contributed by atoms with Gasteiger partial charge in [-0.15, -0.1) is 0 Å². The monoisotopic (exact) mass is 1940 g/mol. The van der Waals surface area contributed by atoms with Crippen LogP contribution in [-0.4, -0.2) is 209 Å². The van der Waals surface area contributed by atoms with E-state index in [1.54, 1.807) is 63.0 Å². The number of amides is 6. The molecule has 0 saturated carbocycles. The lowest BCUT2D eigenvalue weighted by Crippen LogP contribution is -2.43. The molecular weight excluding hydrogens is 1820 g/mol. The molecule has 0 spiro atoms. The maximum absolute atomic E-state index is 13.3. The van der Waals surface area contributed by atoms with E-state index < -0.39 is 18.1 Å². The maximum atomic E-state index is 13.3. The smallest absolute Gasteiger partial charge is 0.319 e. The number of phenolic OH excluding ortho intramolecular Hbond substituents is 2. The molecule has 20 rings (SSSR count). The largest absolute Gasteiger partial charge is 0.508 e. The van der Waals surface area contributed by atoms with E-state index in [9.17, 15) is 48.6 Å². The number of ether oxygens (including phenoxy) is 3. The number of ketones is 5. The van der Waals surface area contributed by atoms with Gasteiger partial charge in [0.25, 0.3) is 0 Å². The third-order valence-corrected chi connectivity index (χ3v) is 26.1. The van der Waals surface area contributed by atoms with Crippen LogP contribution in [0, 0.1) is 0 Å². The van der Waals surface area contributed by atoms with Gasteiger partial charge in [0.1, 0.15) is 28.7 Å². The number of hydrogen-bond donors (Lipinski definition) is 17. The van der Waals surface area contributed by atoms with Crippen LogP contribution in [0.3, 0.4) is 0 Å². The highest BCUT2D eigenvalue weighted by molar-refractivity contribution is 6.14. The highest BCUT2D eigenvalue weighted by atomic mass is 16.5. The average molecular weight is 1940 g/mol. The molecule has 744 valence electrons. The summed E-state index contributed by atoms with van der Waals surface area (Å²) in [6, 6.07) is 71.0. The van der Waals surface area contributed by atoms with Crippen LogP contribution < -0.4 is 118 Å². The zero-order valence-electron chi connectivity index (χ0n) is 80.8. The Balaban J connectivity index is 0.000000129. The summed E-state index contributed by atoms with van der Waals surface area (Å²) in [7, 11) is 3.21. The zero-order valence-corrected chi connectivity index (χ0v) is 80.8. The molecule has 144 heavy (non-hydrogen) atoms. The Morgan fingerprint density at radius 1 is 0.306 bits per heavy atom. The second kappa shape index (κ2) is 48.6. The van der Waals surface area contributed by atoms with Crippen molar-refractivity contribution in [2.24, 2.45) is 0 Å². The number of piperazine rings is 5. The molecular formula is C111H122N20O13. The number of urea groups is 3. The Labute approximate surface area is 837 Å². The summed E-state index contributed by atoms with van der Waals surface area (Å²) in [5.74, 6) is 3.23. The number of Topliss-reactive ketones (excluding diaryl/α,β-unsaturated/α-hetero) is 5. The molecule has 33 nitrogen and oxygen atoms in total. The summed E-state index contributed by atoms with van der Waals surface area (Å²) in [5, 5.41) is 64.7. The van der Waals surface area contributed by atoms with Crippen molar-refractivity contribution in [1.82, 2.24) is 79.8 Å². The van der Waals surface area contributed by atoms with Crippen LogP contribution in [0.15, 0.2) is 326 Å². The fourth-order valence-electron chi connectivity index (χ4n) is 18.4. The quantitative estimate of drug-likeness (QED) is 0.0250. The van der Waals surface area contributed by atoms with Gasteiger partial charge in [-0.05, 0) is 205 Å². The molecule has 0 radical (unpaired) electrons. The van der Waals surface area contributed by atoms with Gasteiger partial charge < -0.3 is 129 Å². The van der Waals surface area contributed by atoms with Crippen LogP contribution in [0.2, 0.25) is 0 Å². The molecule has 10 aliphatic heterocycles. The first-order valence-corrected chi connectivity index (χ1v) is 48.5. The van der Waals surface area contributed by atoms with E-state index in [4.69, 9.17) is 14.2 Å². The van der Waals surface area contributed by atoms with Gasteiger partial charge in [-0.2, -0.15) is 0 Å². The zero-order chi connectivity index (χ0) is 100. The Hall–Kier alpha value is -16.5. The van der Waals surface area contributed by atoms with Crippen molar-refractivity contribution < 1.29 is 62.8 Å². The minimum atomic E-state index is -0.624. The summed E-state index contributed by atoms with van der Waals surface area (Å²) in [5.41, 5.74) is 15.3. The van der Waals surface area contributed by atoms with Gasteiger partial charge >= 0.3 is 18.1 Å². The van der Waals surface area contributed by atoms with Gasteiger partial charge in [0.2, 0.25) is 0 Å². The molecule has 10 aliphatic rings. The van der Waals surface area contributed by atoms with E-state index in [-0.39, 0.29) is 70.6 Å². The number of benzene rings is 10. The highest BCUT2D eigenvalue weighted by Gasteiger charge is 2.36. The molecule has 0 aromatic heterocycles. The number of carbonyl (C=O) groups is 8. The molecule has 0 bridgehead atoms. The Morgan fingerprint density at radius 3 is 0.944 bits per heavy atom. The summed E-state index contributed by atoms with van der Waals surface area (Å²) in [6.45, 7) is 29.7. The van der Waals surface area contributed by atoms with E-state index in [1.165, 1.54) is 30.7 Å². The van der Waals surface area contributed by atoms with Crippen molar-refractivity contribution in [1.29, 1.82) is 0 Å². The predicted octanol–water partition coefficient (Wildman–Crippen LogP) is 11.6. The second-order valence-corrected chi connectivity index (χ2v) is 35.3. The van der Waals surface area contributed by atoms with Gasteiger partial charge in [-0.3, -0.25) is 24.0 Å². The first-order chi connectivity index (χ1) is 70.2. The summed E-state index contributed by atoms with van der Waals surface area (Å²) in [4.78, 5) is 113. The van der Waals surface area contributed by atoms with Crippen molar-refractivity contribution in [3.8, 4) is 28.7 Å². The number of aromatic hydroxyl groups is 2. The van der Waals surface area contributed by atoms with E-state index in [2.05, 4.69) is 117 Å². The predicted molar refractivity (Wildman–Crippen MR) is 559 cm³/mol. The number of methoxy groups -OCH3 is 2. The second-order valence-electron chi connectivity index (χ2n) is 35.3. The van der Waals surface area contributed by atoms with Crippen LogP contribution in [0.1, 0.15) is 117 Å². The van der Waals surface area contributed by atoms with Crippen molar-refractivity contribution >= 4 is 75.4 Å². The Bertz CT molecular complexity index is 6410. The van der Waals surface area contributed by atoms with E-state index >= 15 is 0 Å². The number of nitrogens with one attached hydrogen (secondary N) is 15. The number of phenols is 2. The molecule has 5 saturated heterocycles. The molecule has 5 fully saturated rings. The molecule has 5 atom stereocenters. The number of carbonyl (C=O) groups excluding carboxylic acids is 8. The summed E-state index contributed by atoms with van der Waals surface area (Å²) >= 11 is 0. The Morgan fingerprint density at radius 2 is 0.604 bits per heavy atom. The van der Waals surface area contributed by atoms with Crippen LogP contribution in [0.4, 0.5) is 42.8 Å². The van der Waals surface area contributed by atoms with E-state index in [0.29, 0.717) is 85.2 Å². The van der Waals surface area contributed by atoms with Crippen molar-refractivity contribution in [2.45, 2.75) is 37.1 Å². The average Bonchev–Trinajstić information content (AvgIpc) is 0.807. The third kappa shape index (κ3) is 25.5. The van der Waals surface area contributed by atoms with Gasteiger partial charge in [-0.1, -0.05) is 79.9 Å². The topological polar surface area (TPSA) is 401 Å². The van der Waals surface area contributed by atoms with Crippen LogP contribution >= 0.6 is 0 Å². The summed E-state index contributed by atoms with van der Waals surface area (Å²) < 4.78 is 16.3. The number of hydrogen-bond acceptors (Lipinski definition) is 27. The molecule has 0 aliphatic carbocycles. The normalized spacial score (nSPS) is 19.2. The summed E-state index contributed by atoms with van der Waals surface area (Å²) in [6.07, 6.45) is 7.90. The standard InChI is InChI=1S/C24H28N4O2.C23H26N4O2.C22H24N4O3.2C21H22N4O3/c1-3-30-21-10-6-18(7-11-21)23-22(16-26-17(2)27-23)24(29)19-4-8-20(9-5-19)28-14-12-25-13-15-28;1-16-25-15-21(22(26-16)18-4-3-5-20(14-18)29-2)23(28)17-6-8-19(9-7-17)27-12-10-24-11-13-27;1-29-19-5-3-2-4-17(19)20-18(14-24-22(28)25-20)21(27)15-6-8-16(9-7-15)26-12-10-23-11-13-26;26-17-7-3-14(4-8-17)19-18(13-23-21(28)24-19)20(27)15-1-5-16(6-2-15)25-11-9-22-10-12-25;26-17-3-1-2-15(12-17)19-18(13-23-21(28)24-19)20(27)14-4-6-16(7-5-14)25-10-8-22-9-11-25/h4-11,16,23,25-27H,2-3,12-15H2,1H3;3-9,14-15,22,24-26H,1,10-13H2,2H3;2-9,14,20,23H,10-13H2,1H3,(H2,24,25,28);1-8,13,19,22,26H,9-12H2,(H2,23,24,28);1-7,12-13,19,22,26H,8-11H2,(H2,23,24,28). The number of nitrogens with zero attached hydrogens (tertiary/aromatic N) is 5. The van der Waals surface area contributed by atoms with Gasteiger partial charge in [0, 0.05) is 252 Å². The molecule has 10 heterocycles. The SMILES string of the molecule is C=C1NC=C(C(=O)c2ccc(N3CCNCC3)cc2)C(c2ccc(OCC)cc2)N1.C=C1NC=C(C(=O)c2ccc(N3CCNCC3)cc2)C(c2cccc(OC)c2)N1.COc1ccccc1C1NC(=O)NC=C1C(=O)c1ccc(N2CCNCC2)cc1.O=C1NC=C(C(=O)c2ccc(N3CCNCC3)cc2)C(c2ccc(O)cc2)N1.O=C1NC=C(C(=O)c2ccc(N3CCNCC3)cc2)C(c2cccc(O)c2)N1. The molecule has 6 amide bonds. The Kier molecular flexibility index (Phi) is 33.9. The first-order valence-electron chi connectivity index (χ1n) is 48.5. The van der Waals surface area contributed by atoms with E-state index in [0.717, 1.165) is 193 Å². The molecule has 17 N–H and O–H groups in total. The number of anilines is 5. The minimum Gasteiger partial charge on any atom is -0.508 e. The van der Waals surface area contributed by atoms with Crippen LogP contribution in [0.5, 0.6) is 28.7 Å². The lowest BCUT2D eigenvalue weighted by molar-refractivity contribution is 0.101. The van der Waals surface area contributed by atoms with Gasteiger partial charge in [-0.25, -0.2) is 14.4 Å². The lowest BCUT2D eigenvalue weighted by Gasteiger charge is -2.30. The third-order valence-electron chi connectivity index (χ3n) is 26.1. The van der Waals surface area contributed by atoms with Crippen molar-refractivity contribution in [3.63, 3.8) is 0 Å². The molecule has 10 aromatic rings. The molecule has 5 unspecified atom stereocenters. The van der Waals surface area contributed by atoms with Gasteiger partial charge in [0.05, 0.1) is 62.7 Å². The van der Waals surface area contributed by atoms with Crippen molar-refractivity contribution in [2.75, 3.05) is 176 Å². The number of para-hydroxylation sites is 1. The van der Waals surface area contributed by atoms with E-state index in [1.807, 2.05) is 201 Å². The highest BCUT2D eigenvalue weighted by Crippen LogP contribution is 2.38. The lowest BCUT2D eigenvalue weighted by atomic mass is 9.91. The fraction of sp³-hybridized carbons (Fsp3) is 0.261. The first kappa shape index (κ1) is 101. The number of rotatable bonds is 24. The van der Waals surface area contributed by atoms with Gasteiger partial charge in [0.15, 0.2) is 28.9 Å². The van der Waals surface area contributed by atoms with Crippen LogP contribution in [-0.2, 0) is 0 Å². The molecule has 10 aromatic carbocycles. The minimum absolute atomic E-state index is 0.00625.